The van der Waals surface area contributed by atoms with E-state index in [9.17, 15) is 33.6 Å². The first-order valence-electron chi connectivity index (χ1n) is 23.5. The summed E-state index contributed by atoms with van der Waals surface area (Å²) in [7, 11) is 1.31. The zero-order valence-corrected chi connectivity index (χ0v) is 41.4. The van der Waals surface area contributed by atoms with Crippen molar-refractivity contribution in [3.63, 3.8) is 0 Å². The first-order chi connectivity index (χ1) is 35.2. The van der Waals surface area contributed by atoms with Crippen molar-refractivity contribution in [3.8, 4) is 0 Å². The molecule has 4 amide bonds. The van der Waals surface area contributed by atoms with Gasteiger partial charge in [0, 0.05) is 48.5 Å². The lowest BCUT2D eigenvalue weighted by Crippen LogP contribution is -2.30. The molecule has 4 N–H and O–H groups in total. The second kappa shape index (κ2) is 20.9. The number of benzene rings is 3. The van der Waals surface area contributed by atoms with Crippen molar-refractivity contribution in [1.82, 2.24) is 50.5 Å². The molecule has 0 aliphatic heterocycles. The standard InChI is InChI=1S/C29H27N5O5.C25H23N5O3S/c1-16-20(17(2)35)7-8-22-21(16)9-10-23(22)33-28(37)25-14-24(32-26-11-12-31-34(25)26)27(36)30-15-18-5-4-6-19(13-18)29(38)39-3;1-14-17(15(2)31)3-4-19-18(14)5-6-20(19)29-25(33)22-11-21(28-23-7-9-27-30(22)23)24(32)26-12-16-8-10-34-13-16/h4-8,11-14,23H,9-10,15H2,1-3H3,(H,30,36)(H,33,37);3-4,7-11,13,20H,5-6,12H2,1-2H3,(H,26,32)(H,29,33)/t23-;20-/m00/s1. The summed E-state index contributed by atoms with van der Waals surface area (Å²) < 4.78 is 7.58. The average Bonchev–Trinajstić information content (AvgIpc) is 4.26. The molecule has 0 fully saturated rings. The Morgan fingerprint density at radius 2 is 1.14 bits per heavy atom. The fourth-order valence-electron chi connectivity index (χ4n) is 9.53. The Kier molecular flexibility index (Phi) is 14.1. The molecule has 5 aromatic heterocycles. The topological polar surface area (TPSA) is 237 Å². The summed E-state index contributed by atoms with van der Waals surface area (Å²) in [6.07, 6.45) is 6.04. The number of aromatic nitrogens is 6. The van der Waals surface area contributed by atoms with Gasteiger partial charge >= 0.3 is 5.97 Å². The number of Topliss-reactive ketones (excluding diaryl/α,β-unsaturated/α-hetero) is 2. The van der Waals surface area contributed by atoms with Crippen molar-refractivity contribution in [1.29, 1.82) is 0 Å². The molecule has 0 saturated carbocycles. The molecule has 73 heavy (non-hydrogen) atoms. The fourth-order valence-corrected chi connectivity index (χ4v) is 10.2. The van der Waals surface area contributed by atoms with Gasteiger partial charge in [-0.15, -0.1) is 0 Å². The molecular weight excluding hydrogens is 949 g/mol. The van der Waals surface area contributed by atoms with Gasteiger partial charge < -0.3 is 26.0 Å². The van der Waals surface area contributed by atoms with Crippen LogP contribution >= 0.6 is 11.3 Å². The van der Waals surface area contributed by atoms with Crippen LogP contribution in [0.4, 0.5) is 0 Å². The summed E-state index contributed by atoms with van der Waals surface area (Å²) in [4.78, 5) is 96.9. The normalized spacial score (nSPS) is 14.4. The van der Waals surface area contributed by atoms with E-state index >= 15 is 0 Å². The minimum atomic E-state index is -0.477. The smallest absolute Gasteiger partial charge is 0.337 e. The maximum Gasteiger partial charge on any atom is 0.337 e. The van der Waals surface area contributed by atoms with Gasteiger partial charge in [0.05, 0.1) is 37.2 Å². The number of amides is 4. The highest BCUT2D eigenvalue weighted by atomic mass is 32.1. The number of hydrogen-bond donors (Lipinski definition) is 4. The number of esters is 1. The van der Waals surface area contributed by atoms with E-state index in [1.54, 1.807) is 67.8 Å². The van der Waals surface area contributed by atoms with Gasteiger partial charge in [-0.3, -0.25) is 28.8 Å². The molecule has 2 aliphatic carbocycles. The van der Waals surface area contributed by atoms with Crippen LogP contribution in [0.25, 0.3) is 11.3 Å². The highest BCUT2D eigenvalue weighted by molar-refractivity contribution is 7.07. The number of ether oxygens (including phenoxy) is 1. The molecule has 0 unspecified atom stereocenters. The molecule has 0 radical (unpaired) electrons. The van der Waals surface area contributed by atoms with Crippen molar-refractivity contribution in [2.45, 2.75) is 78.6 Å². The third-order valence-corrected chi connectivity index (χ3v) is 14.0. The van der Waals surface area contributed by atoms with Crippen molar-refractivity contribution in [2.24, 2.45) is 0 Å². The van der Waals surface area contributed by atoms with E-state index in [2.05, 4.69) is 41.4 Å². The minimum Gasteiger partial charge on any atom is -0.465 e. The Morgan fingerprint density at radius 1 is 0.630 bits per heavy atom. The van der Waals surface area contributed by atoms with Gasteiger partial charge in [0.15, 0.2) is 22.9 Å². The molecule has 18 nitrogen and oxygen atoms in total. The van der Waals surface area contributed by atoms with Gasteiger partial charge in [0.25, 0.3) is 23.6 Å². The van der Waals surface area contributed by atoms with Crippen LogP contribution in [0.15, 0.2) is 102 Å². The van der Waals surface area contributed by atoms with Crippen LogP contribution in [-0.2, 0) is 30.7 Å². The average molecular weight is 999 g/mol. The van der Waals surface area contributed by atoms with Gasteiger partial charge in [0.2, 0.25) is 0 Å². The molecule has 19 heteroatoms. The SMILES string of the molecule is CC(=O)c1ccc2c(c1C)CC[C@@H]2NC(=O)c1cc(C(=O)NCc2ccsc2)nc2ccnn12.COC(=O)c1cccc(CNC(=O)c2cc(C(=O)N[C@H]3CCc4c3ccc(C(C)=O)c4C)n3nccc3n2)c1. The minimum absolute atomic E-state index is 0.0163. The van der Waals surface area contributed by atoms with Crippen LogP contribution in [0.1, 0.15) is 156 Å². The quantitative estimate of drug-likeness (QED) is 0.0674. The van der Waals surface area contributed by atoms with Crippen molar-refractivity contribution >= 4 is 63.8 Å². The van der Waals surface area contributed by atoms with E-state index in [0.717, 1.165) is 63.8 Å². The number of ketones is 2. The van der Waals surface area contributed by atoms with E-state index in [-0.39, 0.29) is 64.8 Å². The number of methoxy groups -OCH3 is 1. The first-order valence-corrected chi connectivity index (χ1v) is 24.5. The number of nitrogens with one attached hydrogen (secondary N) is 4. The molecule has 0 spiro atoms. The third kappa shape index (κ3) is 10.3. The number of nitrogens with zero attached hydrogens (tertiary/aromatic N) is 6. The molecule has 5 heterocycles. The predicted molar refractivity (Wildman–Crippen MR) is 270 cm³/mol. The lowest BCUT2D eigenvalue weighted by molar-refractivity contribution is 0.0599. The number of carbonyl (C=O) groups is 7. The van der Waals surface area contributed by atoms with Crippen LogP contribution in [0.2, 0.25) is 0 Å². The number of carbonyl (C=O) groups excluding carboxylic acids is 7. The summed E-state index contributed by atoms with van der Waals surface area (Å²) in [5, 5.41) is 24.1. The van der Waals surface area contributed by atoms with E-state index in [1.165, 1.54) is 34.5 Å². The summed E-state index contributed by atoms with van der Waals surface area (Å²) >= 11 is 1.56. The Bertz CT molecular complexity index is 3530. The van der Waals surface area contributed by atoms with Gasteiger partial charge in [-0.05, 0) is 127 Å². The highest BCUT2D eigenvalue weighted by Gasteiger charge is 2.30. The molecule has 2 aliphatic rings. The maximum atomic E-state index is 13.4. The Morgan fingerprint density at radius 3 is 1.60 bits per heavy atom. The van der Waals surface area contributed by atoms with Gasteiger partial charge in [0.1, 0.15) is 22.8 Å². The molecule has 0 saturated heterocycles. The zero-order chi connectivity index (χ0) is 51.5. The molecule has 8 aromatic rings. The summed E-state index contributed by atoms with van der Waals surface area (Å²) in [6, 6.07) is 21.9. The second-order valence-corrected chi connectivity index (χ2v) is 18.6. The Balaban J connectivity index is 0.000000181. The zero-order valence-electron chi connectivity index (χ0n) is 40.6. The first kappa shape index (κ1) is 49.3. The largest absolute Gasteiger partial charge is 0.465 e. The second-order valence-electron chi connectivity index (χ2n) is 17.8. The molecule has 370 valence electrons. The highest BCUT2D eigenvalue weighted by Crippen LogP contribution is 2.36. The summed E-state index contributed by atoms with van der Waals surface area (Å²) in [6.45, 7) is 7.54. The number of fused-ring (bicyclic) bond motifs is 4. The molecule has 2 atom stereocenters. The number of thiophene rings is 1. The predicted octanol–water partition coefficient (Wildman–Crippen LogP) is 7.02. The maximum absolute atomic E-state index is 13.4. The summed E-state index contributed by atoms with van der Waals surface area (Å²) in [5.41, 5.74) is 11.0. The van der Waals surface area contributed by atoms with Crippen LogP contribution in [0.3, 0.4) is 0 Å². The monoisotopic (exact) mass is 998 g/mol. The lowest BCUT2D eigenvalue weighted by atomic mass is 9.96. The fraction of sp³-hybridized carbons (Fsp3) is 0.241. The van der Waals surface area contributed by atoms with E-state index in [4.69, 9.17) is 4.74 Å². The molecule has 0 bridgehead atoms. The van der Waals surface area contributed by atoms with E-state index < -0.39 is 17.8 Å². The lowest BCUT2D eigenvalue weighted by Gasteiger charge is -2.16. The Hall–Kier alpha value is -8.71. The van der Waals surface area contributed by atoms with E-state index in [0.29, 0.717) is 41.0 Å². The van der Waals surface area contributed by atoms with Crippen LogP contribution in [0.5, 0.6) is 0 Å². The van der Waals surface area contributed by atoms with Crippen molar-refractivity contribution in [3.05, 3.63) is 186 Å². The van der Waals surface area contributed by atoms with Crippen molar-refractivity contribution < 1.29 is 38.3 Å². The number of rotatable bonds is 13. The van der Waals surface area contributed by atoms with Gasteiger partial charge in [-0.1, -0.05) is 36.4 Å². The molecular formula is C54H50N10O8S. The third-order valence-electron chi connectivity index (χ3n) is 13.2. The van der Waals surface area contributed by atoms with E-state index in [1.807, 2.05) is 54.9 Å². The van der Waals surface area contributed by atoms with Crippen molar-refractivity contribution in [2.75, 3.05) is 7.11 Å². The Labute approximate surface area is 422 Å². The molecule has 3 aromatic carbocycles. The van der Waals surface area contributed by atoms with Crippen LogP contribution in [0, 0.1) is 13.8 Å². The van der Waals surface area contributed by atoms with Crippen LogP contribution < -0.4 is 21.3 Å². The summed E-state index contributed by atoms with van der Waals surface area (Å²) in [5.74, 6) is -1.98. The van der Waals surface area contributed by atoms with Gasteiger partial charge in [-0.2, -0.15) is 21.5 Å². The van der Waals surface area contributed by atoms with Gasteiger partial charge in [-0.25, -0.2) is 23.8 Å². The molecule has 10 rings (SSSR count). The van der Waals surface area contributed by atoms with Crippen LogP contribution in [-0.4, -0.2) is 77.5 Å². The number of hydrogen-bond acceptors (Lipinski definition) is 13.